The largest absolute Gasteiger partial charge is 0.504 e. The molecule has 2 saturated heterocycles. The van der Waals surface area contributed by atoms with E-state index in [1.54, 1.807) is 32.0 Å². The molecule has 0 unspecified atom stereocenters. The van der Waals surface area contributed by atoms with Crippen LogP contribution in [0, 0.1) is 34.9 Å². The second-order valence-corrected chi connectivity index (χ2v) is 13.0. The number of hydrogen-bond acceptors (Lipinski definition) is 6. The average Bonchev–Trinajstić information content (AvgIpc) is 3.40. The van der Waals surface area contributed by atoms with Crippen molar-refractivity contribution in [1.29, 1.82) is 0 Å². The maximum atomic E-state index is 14.5. The zero-order valence-corrected chi connectivity index (χ0v) is 26.0. The smallest absolute Gasteiger partial charge is 0.241 e. The van der Waals surface area contributed by atoms with Crippen molar-refractivity contribution < 1.29 is 33.4 Å². The van der Waals surface area contributed by atoms with Crippen LogP contribution in [0.1, 0.15) is 43.7 Å². The van der Waals surface area contributed by atoms with Crippen molar-refractivity contribution in [3.63, 3.8) is 0 Å². The normalized spacial score (nSPS) is 28.6. The summed E-state index contributed by atoms with van der Waals surface area (Å²) in [5, 5.41) is 11.3. The van der Waals surface area contributed by atoms with Gasteiger partial charge in [0.2, 0.25) is 23.6 Å². The molecule has 236 valence electrons. The maximum Gasteiger partial charge on any atom is 0.241 e. The number of phenols is 1. The van der Waals surface area contributed by atoms with Crippen molar-refractivity contribution >= 4 is 40.9 Å². The van der Waals surface area contributed by atoms with E-state index in [0.29, 0.717) is 12.2 Å². The molecule has 0 radical (unpaired) electrons. The third-order valence-electron chi connectivity index (χ3n) is 10.4. The lowest BCUT2D eigenvalue weighted by Crippen LogP contribution is -2.48. The predicted octanol–water partition coefficient (Wildman–Crippen LogP) is 6.01. The summed E-state index contributed by atoms with van der Waals surface area (Å²) in [5.74, 6) is -5.76. The highest BCUT2D eigenvalue weighted by Crippen LogP contribution is 2.64. The van der Waals surface area contributed by atoms with Gasteiger partial charge >= 0.3 is 0 Å². The van der Waals surface area contributed by atoms with Crippen LogP contribution in [0.3, 0.4) is 0 Å². The molecule has 2 aliphatic carbocycles. The fourth-order valence-corrected chi connectivity index (χ4v) is 8.44. The Labute approximate surface area is 270 Å². The van der Waals surface area contributed by atoms with E-state index in [1.165, 1.54) is 17.0 Å². The SMILES string of the molecule is CCOc1cccc([C@H]2C3=CC[C@@H]4C(=O)N(Cc5ccccc5)C(=O)[C@@H]4[C@@H]3C[C@H]3C(=O)N(c4ccc(F)c(Cl)c4)C(=O)[C@@]23C)c1O. The number of nitrogens with zero attached hydrogens (tertiary/aromatic N) is 2. The molecule has 4 amide bonds. The zero-order chi connectivity index (χ0) is 32.5. The van der Waals surface area contributed by atoms with Crippen LogP contribution in [0.15, 0.2) is 78.4 Å². The lowest BCUT2D eigenvalue weighted by atomic mass is 9.51. The number of phenolic OH excluding ortho intramolecular Hbond substituents is 1. The van der Waals surface area contributed by atoms with Crippen LogP contribution < -0.4 is 9.64 Å². The van der Waals surface area contributed by atoms with Crippen molar-refractivity contribution in [3.8, 4) is 11.5 Å². The Bertz CT molecular complexity index is 1830. The van der Waals surface area contributed by atoms with Crippen LogP contribution in [-0.4, -0.2) is 40.2 Å². The van der Waals surface area contributed by atoms with Crippen molar-refractivity contribution in [1.82, 2.24) is 4.90 Å². The highest BCUT2D eigenvalue weighted by Gasteiger charge is 2.68. The molecule has 46 heavy (non-hydrogen) atoms. The Morgan fingerprint density at radius 2 is 1.74 bits per heavy atom. The van der Waals surface area contributed by atoms with Crippen molar-refractivity contribution in [2.75, 3.05) is 11.5 Å². The summed E-state index contributed by atoms with van der Waals surface area (Å²) in [5.41, 5.74) is 0.717. The molecule has 1 saturated carbocycles. The highest BCUT2D eigenvalue weighted by molar-refractivity contribution is 6.31. The Balaban J connectivity index is 1.36. The Kier molecular flexibility index (Phi) is 7.27. The molecule has 3 aromatic rings. The first kappa shape index (κ1) is 30.2. The lowest BCUT2D eigenvalue weighted by molar-refractivity contribution is -0.141. The number of fused-ring (bicyclic) bond motifs is 4. The van der Waals surface area contributed by atoms with E-state index in [1.807, 2.05) is 36.4 Å². The van der Waals surface area contributed by atoms with Crippen LogP contribution in [0.2, 0.25) is 5.02 Å². The van der Waals surface area contributed by atoms with E-state index < -0.39 is 52.6 Å². The third kappa shape index (κ3) is 4.31. The van der Waals surface area contributed by atoms with Gasteiger partial charge < -0.3 is 9.84 Å². The zero-order valence-electron chi connectivity index (χ0n) is 25.3. The summed E-state index contributed by atoms with van der Waals surface area (Å²) in [6, 6.07) is 18.0. The summed E-state index contributed by atoms with van der Waals surface area (Å²) >= 11 is 6.08. The van der Waals surface area contributed by atoms with Gasteiger partial charge in [-0.15, -0.1) is 0 Å². The van der Waals surface area contributed by atoms with Crippen LogP contribution >= 0.6 is 11.6 Å². The number of carbonyl (C=O) groups excluding carboxylic acids is 4. The second kappa shape index (κ2) is 11.1. The first-order valence-electron chi connectivity index (χ1n) is 15.4. The van der Waals surface area contributed by atoms with Crippen molar-refractivity contribution in [2.24, 2.45) is 29.1 Å². The van der Waals surface area contributed by atoms with E-state index >= 15 is 0 Å². The van der Waals surface area contributed by atoms with E-state index in [4.69, 9.17) is 16.3 Å². The number of hydrogen-bond donors (Lipinski definition) is 1. The molecule has 0 aromatic heterocycles. The van der Waals surface area contributed by atoms with Gasteiger partial charge in [-0.05, 0) is 62.4 Å². The lowest BCUT2D eigenvalue weighted by Gasteiger charge is -2.49. The molecule has 0 bridgehead atoms. The first-order valence-corrected chi connectivity index (χ1v) is 15.8. The van der Waals surface area contributed by atoms with Gasteiger partial charge in [-0.25, -0.2) is 9.29 Å². The minimum absolute atomic E-state index is 0.138. The average molecular weight is 643 g/mol. The molecular formula is C36H32ClFN2O6. The molecule has 4 aliphatic rings. The molecule has 6 atom stereocenters. The number of halogens is 2. The highest BCUT2D eigenvalue weighted by atomic mass is 35.5. The number of benzene rings is 3. The topological polar surface area (TPSA) is 104 Å². The fourth-order valence-electron chi connectivity index (χ4n) is 8.26. The second-order valence-electron chi connectivity index (χ2n) is 12.6. The molecule has 3 fully saturated rings. The van der Waals surface area contributed by atoms with Crippen molar-refractivity contribution in [3.05, 3.63) is 100 Å². The number of amides is 4. The van der Waals surface area contributed by atoms with Crippen LogP contribution in [0.4, 0.5) is 10.1 Å². The number of imide groups is 2. The van der Waals surface area contributed by atoms with E-state index in [9.17, 15) is 28.7 Å². The van der Waals surface area contributed by atoms with E-state index in [0.717, 1.165) is 22.1 Å². The molecule has 2 heterocycles. The molecular weight excluding hydrogens is 611 g/mol. The van der Waals surface area contributed by atoms with Gasteiger partial charge in [-0.1, -0.05) is 65.7 Å². The summed E-state index contributed by atoms with van der Waals surface area (Å²) in [4.78, 5) is 59.0. The summed E-state index contributed by atoms with van der Waals surface area (Å²) in [7, 11) is 0. The van der Waals surface area contributed by atoms with Crippen molar-refractivity contribution in [2.45, 2.75) is 39.2 Å². The maximum absolute atomic E-state index is 14.5. The Morgan fingerprint density at radius 1 is 0.978 bits per heavy atom. The molecule has 8 nitrogen and oxygen atoms in total. The Hall–Kier alpha value is -4.50. The van der Waals surface area contributed by atoms with Crippen LogP contribution in [0.25, 0.3) is 0 Å². The van der Waals surface area contributed by atoms with Gasteiger partial charge in [0, 0.05) is 11.5 Å². The molecule has 10 heteroatoms. The number of likely N-dealkylation sites (tertiary alicyclic amines) is 1. The number of carbonyl (C=O) groups is 4. The quantitative estimate of drug-likeness (QED) is 0.261. The predicted molar refractivity (Wildman–Crippen MR) is 167 cm³/mol. The van der Waals surface area contributed by atoms with E-state index in [-0.39, 0.29) is 53.4 Å². The summed E-state index contributed by atoms with van der Waals surface area (Å²) < 4.78 is 19.8. The molecule has 3 aromatic carbocycles. The first-order chi connectivity index (χ1) is 22.1. The number of rotatable bonds is 6. The van der Waals surface area contributed by atoms with E-state index in [2.05, 4.69) is 0 Å². The fraction of sp³-hybridized carbons (Fsp3) is 0.333. The molecule has 2 aliphatic heterocycles. The standard InChI is InChI=1S/C36H32ClFN2O6/c1-3-46-28-11-7-10-23(31(28)41)30-21-13-14-22-29(34(44)39(32(22)42)18-19-8-5-4-6-9-19)24(21)17-25-33(43)40(35(45)36(25,30)2)20-12-15-27(38)26(37)16-20/h4-13,15-16,22,24-25,29-30,41H,3,14,17-18H2,1-2H3/t22-,24+,25-,29-,30+,36+/m0/s1. The number of aromatic hydroxyl groups is 1. The van der Waals surface area contributed by atoms with Gasteiger partial charge in [0.05, 0.1) is 47.0 Å². The minimum atomic E-state index is -1.38. The Morgan fingerprint density at radius 3 is 2.46 bits per heavy atom. The molecule has 7 rings (SSSR count). The third-order valence-corrected chi connectivity index (χ3v) is 10.6. The van der Waals surface area contributed by atoms with Crippen LogP contribution in [0.5, 0.6) is 11.5 Å². The number of anilines is 1. The summed E-state index contributed by atoms with van der Waals surface area (Å²) in [6.45, 7) is 3.94. The number of allylic oxidation sites excluding steroid dienone is 2. The van der Waals surface area contributed by atoms with Gasteiger partial charge in [0.25, 0.3) is 0 Å². The minimum Gasteiger partial charge on any atom is -0.504 e. The van der Waals surface area contributed by atoms with Gasteiger partial charge in [-0.2, -0.15) is 0 Å². The van der Waals surface area contributed by atoms with Gasteiger partial charge in [0.15, 0.2) is 11.5 Å². The molecule has 0 spiro atoms. The number of para-hydroxylation sites is 1. The number of ether oxygens (including phenoxy) is 1. The summed E-state index contributed by atoms with van der Waals surface area (Å²) in [6.07, 6.45) is 2.37. The van der Waals surface area contributed by atoms with Crippen LogP contribution in [-0.2, 0) is 25.7 Å². The van der Waals surface area contributed by atoms with Gasteiger partial charge in [0.1, 0.15) is 5.82 Å². The van der Waals surface area contributed by atoms with Gasteiger partial charge in [-0.3, -0.25) is 24.1 Å². The monoisotopic (exact) mass is 642 g/mol. The molecule has 1 N–H and O–H groups in total.